The molecule has 3 heterocycles. The Balaban J connectivity index is 0.00000556. The van der Waals surface area contributed by atoms with Crippen molar-refractivity contribution in [3.63, 3.8) is 0 Å². The maximum Gasteiger partial charge on any atom is 0.135 e. The van der Waals surface area contributed by atoms with Crippen molar-refractivity contribution < 1.29 is 25.8 Å². The van der Waals surface area contributed by atoms with Gasteiger partial charge in [-0.05, 0) is 108 Å². The predicted octanol–water partition coefficient (Wildman–Crippen LogP) is 17.8. The minimum atomic E-state index is -0.0534. The van der Waals surface area contributed by atoms with E-state index in [-0.39, 0.29) is 26.5 Å². The second-order valence-corrected chi connectivity index (χ2v) is 19.8. The zero-order chi connectivity index (χ0) is 49.0. The maximum absolute atomic E-state index is 7.07. The van der Waals surface area contributed by atoms with E-state index in [1.165, 1.54) is 46.2 Å². The normalized spacial score (nSPS) is 13.8. The molecular weight excluding hydrogens is 1080 g/mol. The summed E-state index contributed by atoms with van der Waals surface area (Å²) in [4.78, 5) is 9.70. The Bertz CT molecular complexity index is 3780. The van der Waals surface area contributed by atoms with Gasteiger partial charge in [-0.1, -0.05) is 176 Å². The minimum Gasteiger partial charge on any atom is -0.509 e. The molecule has 0 N–H and O–H groups in total. The molecule has 2 aromatic heterocycles. The van der Waals surface area contributed by atoms with E-state index in [1.807, 2.05) is 12.3 Å². The fourth-order valence-electron chi connectivity index (χ4n) is 12.1. The largest absolute Gasteiger partial charge is 0.509 e. The molecule has 9 aromatic carbocycles. The zero-order valence-electron chi connectivity index (χ0n) is 41.6. The first-order valence-corrected chi connectivity index (χ1v) is 25.5. The van der Waals surface area contributed by atoms with Crippen LogP contribution < -0.4 is 14.5 Å². The monoisotopic (exact) mass is 1140 g/mol. The second kappa shape index (κ2) is 19.5. The molecule has 364 valence electrons. The van der Waals surface area contributed by atoms with Crippen molar-refractivity contribution >= 4 is 44.6 Å². The van der Waals surface area contributed by atoms with Crippen LogP contribution in [0.5, 0.6) is 11.5 Å². The van der Waals surface area contributed by atoms with Crippen molar-refractivity contribution in [3.8, 4) is 50.7 Å². The summed E-state index contributed by atoms with van der Waals surface area (Å²) in [5.41, 5.74) is 19.1. The molecule has 1 aliphatic heterocycles. The number of hydrogen-bond acceptors (Lipinski definition) is 4. The van der Waals surface area contributed by atoms with Crippen LogP contribution in [-0.2, 0) is 26.5 Å². The molecule has 1 saturated carbocycles. The summed E-state index contributed by atoms with van der Waals surface area (Å²) in [6, 6.07) is 81.5. The zero-order valence-corrected chi connectivity index (χ0v) is 43.9. The van der Waals surface area contributed by atoms with Crippen LogP contribution in [0.3, 0.4) is 0 Å². The summed E-state index contributed by atoms with van der Waals surface area (Å²) < 4.78 is 9.34. The van der Waals surface area contributed by atoms with Gasteiger partial charge in [0.15, 0.2) is 0 Å². The van der Waals surface area contributed by atoms with Crippen molar-refractivity contribution in [1.82, 2.24) is 9.55 Å². The topological polar surface area (TPSA) is 33.5 Å². The number of benzene rings is 9. The van der Waals surface area contributed by atoms with Crippen LogP contribution in [0.15, 0.2) is 212 Å². The number of anilines is 4. The fourth-order valence-corrected chi connectivity index (χ4v) is 12.1. The van der Waals surface area contributed by atoms with Crippen molar-refractivity contribution in [1.29, 1.82) is 0 Å². The Hall–Kier alpha value is -7.98. The first-order valence-electron chi connectivity index (χ1n) is 25.5. The van der Waals surface area contributed by atoms with E-state index in [4.69, 9.17) is 9.72 Å². The third-order valence-electron chi connectivity index (χ3n) is 15.2. The number of hydrogen-bond donors (Lipinski definition) is 0. The summed E-state index contributed by atoms with van der Waals surface area (Å²) >= 11 is 0. The van der Waals surface area contributed by atoms with E-state index in [0.29, 0.717) is 11.5 Å². The summed E-state index contributed by atoms with van der Waals surface area (Å²) in [5, 5.41) is 2.23. The number of ether oxygens (including phenoxy) is 1. The molecule has 11 aromatic rings. The first kappa shape index (κ1) is 47.0. The Morgan fingerprint density at radius 3 is 1.84 bits per heavy atom. The van der Waals surface area contributed by atoms with E-state index >= 15 is 0 Å². The summed E-state index contributed by atoms with van der Waals surface area (Å²) in [6.07, 6.45) is 6.63. The Kier molecular flexibility index (Phi) is 12.4. The van der Waals surface area contributed by atoms with Gasteiger partial charge in [0.2, 0.25) is 0 Å². The van der Waals surface area contributed by atoms with Crippen molar-refractivity contribution in [2.45, 2.75) is 51.9 Å². The third kappa shape index (κ3) is 8.21. The molecular formula is C68H53N4OPt-3. The number of para-hydroxylation sites is 4. The van der Waals surface area contributed by atoms with Gasteiger partial charge < -0.3 is 19.1 Å². The van der Waals surface area contributed by atoms with Crippen molar-refractivity contribution in [2.75, 3.05) is 9.80 Å². The average molecular weight is 1140 g/mol. The smallest absolute Gasteiger partial charge is 0.135 e. The molecule has 0 radical (unpaired) electrons. The maximum atomic E-state index is 7.07. The molecule has 0 unspecified atom stereocenters. The first-order chi connectivity index (χ1) is 35.9. The van der Waals surface area contributed by atoms with Crippen molar-refractivity contribution in [3.05, 3.63) is 259 Å². The van der Waals surface area contributed by atoms with Crippen LogP contribution in [0, 0.1) is 39.6 Å². The van der Waals surface area contributed by atoms with Gasteiger partial charge in [0, 0.05) is 77.9 Å². The molecule has 0 atom stereocenters. The summed E-state index contributed by atoms with van der Waals surface area (Å²) in [6.45, 7) is 8.79. The van der Waals surface area contributed by atoms with Crippen LogP contribution in [0.25, 0.3) is 61.0 Å². The van der Waals surface area contributed by atoms with Gasteiger partial charge in [-0.2, -0.15) is 6.07 Å². The van der Waals surface area contributed by atoms with Crippen LogP contribution in [0.2, 0.25) is 0 Å². The summed E-state index contributed by atoms with van der Waals surface area (Å²) in [5.74, 6) is 2.06. The van der Waals surface area contributed by atoms with E-state index in [0.717, 1.165) is 91.0 Å². The Labute approximate surface area is 448 Å². The number of fused-ring (bicyclic) bond motifs is 4. The molecule has 0 bridgehead atoms. The molecule has 1 fully saturated rings. The van der Waals surface area contributed by atoms with Crippen molar-refractivity contribution in [2.24, 2.45) is 0 Å². The van der Waals surface area contributed by atoms with Gasteiger partial charge in [-0.25, -0.2) is 4.98 Å². The van der Waals surface area contributed by atoms with Crippen LogP contribution in [0.4, 0.5) is 22.7 Å². The van der Waals surface area contributed by atoms with E-state index in [2.05, 4.69) is 254 Å². The van der Waals surface area contributed by atoms with Gasteiger partial charge in [0.25, 0.3) is 0 Å². The molecule has 0 saturated heterocycles. The van der Waals surface area contributed by atoms with Gasteiger partial charge in [-0.3, -0.25) is 0 Å². The molecule has 6 heteroatoms. The molecule has 0 spiro atoms. The standard InChI is InChI=1S/C68H53N4O.Pt/c1-46-38-47(2)66(48(3)39-46)51-40-54(70-45-71(63-31-16-15-30-62(63)70)67-57(49-20-7-4-8-21-49)27-19-28-58(67)50-22-9-5-10-23-50)43-56(41-51)73-55-32-33-60-59-26-13-14-29-61(59)72(64(60)44-55)65-42-53(34-37-69-65)68(35-17-18-36-68)52-24-11-6-12-25-52;/h4-16,19-34,37-42,45H,17-18,35-36H2,1-3H3;/q-3;. The van der Waals surface area contributed by atoms with Crippen LogP contribution in [-0.4, -0.2) is 9.55 Å². The van der Waals surface area contributed by atoms with Gasteiger partial charge >= 0.3 is 0 Å². The van der Waals surface area contributed by atoms with E-state index in [9.17, 15) is 0 Å². The molecule has 74 heavy (non-hydrogen) atoms. The molecule has 13 rings (SSSR count). The molecule has 0 amide bonds. The van der Waals surface area contributed by atoms with Crippen LogP contribution >= 0.6 is 0 Å². The Morgan fingerprint density at radius 1 is 0.527 bits per heavy atom. The fraction of sp³-hybridized carbons (Fsp3) is 0.118. The number of aryl methyl sites for hydroxylation is 3. The van der Waals surface area contributed by atoms with Gasteiger partial charge in [0.1, 0.15) is 5.82 Å². The second-order valence-electron chi connectivity index (χ2n) is 19.8. The third-order valence-corrected chi connectivity index (χ3v) is 15.2. The number of pyridine rings is 1. The quantitative estimate of drug-likeness (QED) is 0.128. The molecule has 1 aliphatic carbocycles. The van der Waals surface area contributed by atoms with Gasteiger partial charge in [0.05, 0.1) is 0 Å². The van der Waals surface area contributed by atoms with E-state index < -0.39 is 0 Å². The predicted molar refractivity (Wildman–Crippen MR) is 300 cm³/mol. The number of nitrogens with zero attached hydrogens (tertiary/aromatic N) is 4. The Morgan fingerprint density at radius 2 is 1.15 bits per heavy atom. The van der Waals surface area contributed by atoms with Gasteiger partial charge in [-0.15, -0.1) is 53.6 Å². The average Bonchev–Trinajstić information content (AvgIpc) is 4.17. The number of aromatic nitrogens is 2. The molecule has 2 aliphatic rings. The minimum absolute atomic E-state index is 0. The van der Waals surface area contributed by atoms with Crippen LogP contribution in [0.1, 0.15) is 53.5 Å². The number of rotatable bonds is 10. The van der Waals surface area contributed by atoms with E-state index in [1.54, 1.807) is 0 Å². The SMILES string of the molecule is Cc1cc(C)c(-c2cc(Oc3[c-]c4c(cc3)c3ccccc3n4-c3cc(C4(c5ccccc5)CCCC4)ccn3)[c-]c(N3[CH-]N(c4c(-c5ccccc5)cccc4-c4ccccc4)c4ccccc43)c2)c(C)c1.[Pt]. The molecule has 5 nitrogen and oxygen atoms in total. The summed E-state index contributed by atoms with van der Waals surface area (Å²) in [7, 11) is 0.